The Kier molecular flexibility index (Phi) is 4.80. The summed E-state index contributed by atoms with van der Waals surface area (Å²) >= 11 is 3.43. The molecule has 1 N–H and O–H groups in total. The zero-order valence-corrected chi connectivity index (χ0v) is 9.56. The predicted octanol–water partition coefficient (Wildman–Crippen LogP) is 3.25. The fraction of sp³-hybridized carbons (Fsp3) is 0.600. The molecule has 0 aromatic heterocycles. The lowest BCUT2D eigenvalue weighted by Crippen LogP contribution is -2.27. The lowest BCUT2D eigenvalue weighted by molar-refractivity contribution is 0.0927. The van der Waals surface area contributed by atoms with Gasteiger partial charge in [0, 0.05) is 0 Å². The number of rotatable bonds is 4. The monoisotopic (exact) mass is 232 g/mol. The average Bonchev–Trinajstić information content (AvgIpc) is 2.02. The van der Waals surface area contributed by atoms with Crippen molar-refractivity contribution in [2.45, 2.75) is 33.3 Å². The zero-order chi connectivity index (χ0) is 9.78. The van der Waals surface area contributed by atoms with Crippen LogP contribution in [0.4, 0.5) is 0 Å². The summed E-state index contributed by atoms with van der Waals surface area (Å²) in [6.45, 7) is 9.58. The van der Waals surface area contributed by atoms with Gasteiger partial charge in [-0.15, -0.1) is 6.58 Å². The number of allylic oxidation sites excluding steroid dienone is 2. The van der Waals surface area contributed by atoms with Gasteiger partial charge in [-0.3, -0.25) is 0 Å². The van der Waals surface area contributed by atoms with Gasteiger partial charge in [-0.2, -0.15) is 0 Å². The van der Waals surface area contributed by atoms with Gasteiger partial charge >= 0.3 is 0 Å². The van der Waals surface area contributed by atoms with Gasteiger partial charge in [0.1, 0.15) is 0 Å². The third-order valence-electron chi connectivity index (χ3n) is 1.96. The molecule has 70 valence electrons. The molecular weight excluding hydrogens is 216 g/mol. The van der Waals surface area contributed by atoms with E-state index in [9.17, 15) is 5.11 Å². The topological polar surface area (TPSA) is 20.2 Å². The predicted molar refractivity (Wildman–Crippen MR) is 57.3 cm³/mol. The van der Waals surface area contributed by atoms with Gasteiger partial charge in [0.15, 0.2) is 0 Å². The Bertz CT molecular complexity index is 182. The standard InChI is InChI=1S/C10H17BrO/c1-5-8(11)7-10(3,4)9(12)6-2/h5-6,9,12H,2,7H2,1,3-4H3/b8-5+. The van der Waals surface area contributed by atoms with Gasteiger partial charge < -0.3 is 5.11 Å². The molecule has 0 saturated heterocycles. The number of halogens is 1. The largest absolute Gasteiger partial charge is 0.388 e. The lowest BCUT2D eigenvalue weighted by atomic mass is 9.83. The van der Waals surface area contributed by atoms with Crippen LogP contribution in [0.1, 0.15) is 27.2 Å². The van der Waals surface area contributed by atoms with Gasteiger partial charge in [-0.05, 0) is 23.2 Å². The van der Waals surface area contributed by atoms with Crippen LogP contribution in [0.25, 0.3) is 0 Å². The first-order valence-electron chi connectivity index (χ1n) is 4.05. The van der Waals surface area contributed by atoms with Gasteiger partial charge in [0.2, 0.25) is 0 Å². The summed E-state index contributed by atoms with van der Waals surface area (Å²) in [4.78, 5) is 0. The first-order chi connectivity index (χ1) is 5.44. The first kappa shape index (κ1) is 11.9. The number of aliphatic hydroxyl groups is 1. The van der Waals surface area contributed by atoms with Gasteiger partial charge in [0.25, 0.3) is 0 Å². The molecule has 1 unspecified atom stereocenters. The molecule has 0 bridgehead atoms. The quantitative estimate of drug-likeness (QED) is 0.739. The Morgan fingerprint density at radius 3 is 2.50 bits per heavy atom. The molecule has 1 atom stereocenters. The summed E-state index contributed by atoms with van der Waals surface area (Å²) in [5.74, 6) is 0. The van der Waals surface area contributed by atoms with Crippen LogP contribution in [-0.2, 0) is 0 Å². The lowest BCUT2D eigenvalue weighted by Gasteiger charge is -2.28. The van der Waals surface area contributed by atoms with E-state index >= 15 is 0 Å². The smallest absolute Gasteiger partial charge is 0.0772 e. The van der Waals surface area contributed by atoms with Crippen molar-refractivity contribution in [3.05, 3.63) is 23.2 Å². The maximum absolute atomic E-state index is 9.56. The molecule has 0 heterocycles. The minimum Gasteiger partial charge on any atom is -0.388 e. The van der Waals surface area contributed by atoms with Crippen molar-refractivity contribution in [3.8, 4) is 0 Å². The van der Waals surface area contributed by atoms with E-state index in [1.807, 2.05) is 26.8 Å². The molecule has 0 aliphatic carbocycles. The van der Waals surface area contributed by atoms with Crippen LogP contribution in [0.5, 0.6) is 0 Å². The van der Waals surface area contributed by atoms with Gasteiger partial charge in [-0.1, -0.05) is 41.9 Å². The summed E-state index contributed by atoms with van der Waals surface area (Å²) in [5, 5.41) is 9.56. The molecule has 0 fully saturated rings. The second-order valence-electron chi connectivity index (χ2n) is 3.58. The number of hydrogen-bond donors (Lipinski definition) is 1. The summed E-state index contributed by atoms with van der Waals surface area (Å²) in [7, 11) is 0. The molecule has 1 nitrogen and oxygen atoms in total. The Balaban J connectivity index is 4.31. The van der Waals surface area contributed by atoms with Crippen LogP contribution in [0, 0.1) is 5.41 Å². The summed E-state index contributed by atoms with van der Waals surface area (Å²) in [5.41, 5.74) is -0.146. The summed E-state index contributed by atoms with van der Waals surface area (Å²) in [6, 6.07) is 0. The highest BCUT2D eigenvalue weighted by molar-refractivity contribution is 9.11. The van der Waals surface area contributed by atoms with Crippen molar-refractivity contribution in [1.82, 2.24) is 0 Å². The number of hydrogen-bond acceptors (Lipinski definition) is 1. The van der Waals surface area contributed by atoms with Crippen molar-refractivity contribution >= 4 is 15.9 Å². The van der Waals surface area contributed by atoms with E-state index in [0.717, 1.165) is 10.9 Å². The van der Waals surface area contributed by atoms with Gasteiger partial charge in [-0.25, -0.2) is 0 Å². The molecule has 0 radical (unpaired) electrons. The summed E-state index contributed by atoms with van der Waals surface area (Å²) < 4.78 is 1.12. The van der Waals surface area contributed by atoms with E-state index in [1.54, 1.807) is 6.08 Å². The third kappa shape index (κ3) is 3.55. The van der Waals surface area contributed by atoms with Crippen molar-refractivity contribution in [3.63, 3.8) is 0 Å². The van der Waals surface area contributed by atoms with Crippen LogP contribution in [0.15, 0.2) is 23.2 Å². The Hall–Kier alpha value is -0.0800. The van der Waals surface area contributed by atoms with E-state index < -0.39 is 6.10 Å². The van der Waals surface area contributed by atoms with Gasteiger partial charge in [0.05, 0.1) is 6.10 Å². The minimum atomic E-state index is -0.454. The molecule has 0 spiro atoms. The van der Waals surface area contributed by atoms with Crippen molar-refractivity contribution in [2.24, 2.45) is 5.41 Å². The molecule has 12 heavy (non-hydrogen) atoms. The first-order valence-corrected chi connectivity index (χ1v) is 4.84. The van der Waals surface area contributed by atoms with E-state index in [1.165, 1.54) is 0 Å². The highest BCUT2D eigenvalue weighted by atomic mass is 79.9. The maximum atomic E-state index is 9.56. The second-order valence-corrected chi connectivity index (χ2v) is 4.60. The van der Waals surface area contributed by atoms with E-state index in [0.29, 0.717) is 0 Å². The molecule has 0 aliphatic rings. The van der Waals surface area contributed by atoms with Crippen LogP contribution >= 0.6 is 15.9 Å². The molecular formula is C10H17BrO. The van der Waals surface area contributed by atoms with Crippen molar-refractivity contribution in [1.29, 1.82) is 0 Å². The van der Waals surface area contributed by atoms with Crippen molar-refractivity contribution in [2.75, 3.05) is 0 Å². The molecule has 0 aromatic carbocycles. The Morgan fingerprint density at radius 2 is 2.17 bits per heavy atom. The SMILES string of the molecule is C=CC(O)C(C)(C)C/C(Br)=C\C. The fourth-order valence-corrected chi connectivity index (χ4v) is 1.68. The molecule has 2 heteroatoms. The summed E-state index contributed by atoms with van der Waals surface area (Å²) in [6.07, 6.45) is 3.95. The molecule has 0 aromatic rings. The maximum Gasteiger partial charge on any atom is 0.0772 e. The highest BCUT2D eigenvalue weighted by Crippen LogP contribution is 2.31. The Labute approximate surface area is 83.3 Å². The minimum absolute atomic E-state index is 0.146. The Morgan fingerprint density at radius 1 is 1.67 bits per heavy atom. The number of aliphatic hydroxyl groups excluding tert-OH is 1. The van der Waals surface area contributed by atoms with Crippen LogP contribution in [0.3, 0.4) is 0 Å². The van der Waals surface area contributed by atoms with Crippen LogP contribution < -0.4 is 0 Å². The van der Waals surface area contributed by atoms with Crippen LogP contribution in [-0.4, -0.2) is 11.2 Å². The molecule has 0 saturated carbocycles. The average molecular weight is 233 g/mol. The normalized spacial score (nSPS) is 15.9. The zero-order valence-electron chi connectivity index (χ0n) is 7.97. The van der Waals surface area contributed by atoms with Crippen LogP contribution in [0.2, 0.25) is 0 Å². The highest BCUT2D eigenvalue weighted by Gasteiger charge is 2.25. The molecule has 0 aliphatic heterocycles. The second kappa shape index (κ2) is 4.83. The van der Waals surface area contributed by atoms with E-state index in [4.69, 9.17) is 0 Å². The third-order valence-corrected chi connectivity index (χ3v) is 2.70. The fourth-order valence-electron chi connectivity index (χ4n) is 0.961. The van der Waals surface area contributed by atoms with E-state index in [-0.39, 0.29) is 5.41 Å². The molecule has 0 amide bonds. The molecule has 0 rings (SSSR count). The van der Waals surface area contributed by atoms with E-state index in [2.05, 4.69) is 22.5 Å². The van der Waals surface area contributed by atoms with Crippen molar-refractivity contribution < 1.29 is 5.11 Å².